The van der Waals surface area contributed by atoms with Gasteiger partial charge < -0.3 is 5.11 Å². The van der Waals surface area contributed by atoms with Crippen LogP contribution in [0.3, 0.4) is 0 Å². The number of aliphatic hydroxyl groups excluding tert-OH is 1. The first-order chi connectivity index (χ1) is 8.56. The molecule has 104 valence electrons. The van der Waals surface area contributed by atoms with Gasteiger partial charge in [-0.3, -0.25) is 5.10 Å². The molecular weight excluding hydrogens is 258 g/mol. The Morgan fingerprint density at radius 1 is 1.50 bits per heavy atom. The molecule has 18 heavy (non-hydrogen) atoms. The maximum absolute atomic E-state index is 11.7. The van der Waals surface area contributed by atoms with Gasteiger partial charge in [-0.25, -0.2) is 9.71 Å². The predicted octanol–water partition coefficient (Wildman–Crippen LogP) is -1.11. The molecule has 0 aliphatic rings. The van der Waals surface area contributed by atoms with Crippen LogP contribution >= 0.6 is 0 Å². The Bertz CT molecular complexity index is 419. The lowest BCUT2D eigenvalue weighted by molar-refractivity contribution is 0.275. The highest BCUT2D eigenvalue weighted by molar-refractivity contribution is 7.87. The van der Waals surface area contributed by atoms with Crippen molar-refractivity contribution in [1.29, 1.82) is 0 Å². The fraction of sp³-hybridized carbons (Fsp3) is 0.778. The molecule has 0 saturated heterocycles. The lowest BCUT2D eigenvalue weighted by atomic mass is 10.3. The van der Waals surface area contributed by atoms with Gasteiger partial charge in [-0.05, 0) is 12.8 Å². The van der Waals surface area contributed by atoms with Gasteiger partial charge in [0.25, 0.3) is 10.2 Å². The van der Waals surface area contributed by atoms with Gasteiger partial charge >= 0.3 is 0 Å². The minimum Gasteiger partial charge on any atom is -0.396 e. The van der Waals surface area contributed by atoms with Crippen LogP contribution < -0.4 is 4.72 Å². The number of nitrogens with one attached hydrogen (secondary N) is 2. The number of H-pyrrole nitrogens is 1. The van der Waals surface area contributed by atoms with E-state index in [2.05, 4.69) is 19.9 Å². The maximum Gasteiger partial charge on any atom is 0.279 e. The second-order valence-corrected chi connectivity index (χ2v) is 5.70. The topological polar surface area (TPSA) is 111 Å². The number of aryl methyl sites for hydroxylation is 1. The van der Waals surface area contributed by atoms with E-state index in [9.17, 15) is 8.42 Å². The molecule has 0 unspecified atom stereocenters. The van der Waals surface area contributed by atoms with Gasteiger partial charge in [-0.15, -0.1) is 0 Å². The Morgan fingerprint density at radius 3 is 2.89 bits per heavy atom. The fourth-order valence-corrected chi connectivity index (χ4v) is 2.32. The summed E-state index contributed by atoms with van der Waals surface area (Å²) >= 11 is 0. The molecule has 0 bridgehead atoms. The molecule has 0 aliphatic heterocycles. The molecular formula is C9H19N5O3S. The SMILES string of the molecule is CN(CCCO)S(=O)(=O)NCCCc1ncn[nH]1. The van der Waals surface area contributed by atoms with Crippen LogP contribution in [0.2, 0.25) is 0 Å². The Kier molecular flexibility index (Phi) is 6.19. The van der Waals surface area contributed by atoms with Gasteiger partial charge in [0, 0.05) is 33.2 Å². The van der Waals surface area contributed by atoms with E-state index in [1.807, 2.05) is 0 Å². The monoisotopic (exact) mass is 277 g/mol. The van der Waals surface area contributed by atoms with Gasteiger partial charge in [0.15, 0.2) is 0 Å². The van der Waals surface area contributed by atoms with Crippen LogP contribution in [0, 0.1) is 0 Å². The first-order valence-corrected chi connectivity index (χ1v) is 7.16. The van der Waals surface area contributed by atoms with Crippen molar-refractivity contribution in [3.63, 3.8) is 0 Å². The molecule has 0 aromatic carbocycles. The van der Waals surface area contributed by atoms with Crippen molar-refractivity contribution in [1.82, 2.24) is 24.2 Å². The number of hydrogen-bond donors (Lipinski definition) is 3. The molecule has 1 aromatic heterocycles. The molecule has 9 heteroatoms. The van der Waals surface area contributed by atoms with Crippen molar-refractivity contribution in [3.05, 3.63) is 12.2 Å². The summed E-state index contributed by atoms with van der Waals surface area (Å²) < 4.78 is 27.1. The Hall–Kier alpha value is -1.03. The summed E-state index contributed by atoms with van der Waals surface area (Å²) in [6, 6.07) is 0. The van der Waals surface area contributed by atoms with Gasteiger partial charge in [0.05, 0.1) is 0 Å². The molecule has 1 heterocycles. The fourth-order valence-electron chi connectivity index (χ4n) is 1.33. The lowest BCUT2D eigenvalue weighted by Gasteiger charge is -2.16. The molecule has 0 fully saturated rings. The van der Waals surface area contributed by atoms with Crippen LogP contribution in [0.5, 0.6) is 0 Å². The zero-order valence-electron chi connectivity index (χ0n) is 10.3. The van der Waals surface area contributed by atoms with Crippen molar-refractivity contribution < 1.29 is 13.5 Å². The first kappa shape index (κ1) is 15.0. The van der Waals surface area contributed by atoms with Crippen LogP contribution in [-0.4, -0.2) is 59.8 Å². The van der Waals surface area contributed by atoms with Gasteiger partial charge in [-0.1, -0.05) is 0 Å². The predicted molar refractivity (Wildman–Crippen MR) is 66.0 cm³/mol. The molecule has 1 aromatic rings. The Morgan fingerprint density at radius 2 is 2.28 bits per heavy atom. The molecule has 1 rings (SSSR count). The third-order valence-corrected chi connectivity index (χ3v) is 3.95. The molecule has 0 saturated carbocycles. The van der Waals surface area contributed by atoms with Crippen LogP contribution in [-0.2, 0) is 16.6 Å². The zero-order chi connectivity index (χ0) is 13.4. The van der Waals surface area contributed by atoms with Crippen molar-refractivity contribution in [2.24, 2.45) is 0 Å². The maximum atomic E-state index is 11.7. The number of rotatable bonds is 9. The minimum absolute atomic E-state index is 0.0225. The summed E-state index contributed by atoms with van der Waals surface area (Å²) in [4.78, 5) is 3.94. The average molecular weight is 277 g/mol. The molecule has 0 spiro atoms. The van der Waals surface area contributed by atoms with E-state index in [0.717, 1.165) is 5.82 Å². The molecule has 0 radical (unpaired) electrons. The van der Waals surface area contributed by atoms with Crippen molar-refractivity contribution in [2.45, 2.75) is 19.3 Å². The normalized spacial score (nSPS) is 12.2. The average Bonchev–Trinajstić information content (AvgIpc) is 2.84. The second kappa shape index (κ2) is 7.41. The minimum atomic E-state index is -3.45. The largest absolute Gasteiger partial charge is 0.396 e. The van der Waals surface area contributed by atoms with Crippen LogP contribution in [0.4, 0.5) is 0 Å². The van der Waals surface area contributed by atoms with Crippen LogP contribution in [0.1, 0.15) is 18.7 Å². The number of nitrogens with zero attached hydrogens (tertiary/aromatic N) is 3. The molecule has 8 nitrogen and oxygen atoms in total. The highest BCUT2D eigenvalue weighted by Crippen LogP contribution is 1.97. The highest BCUT2D eigenvalue weighted by Gasteiger charge is 2.15. The number of aromatic amines is 1. The number of aromatic nitrogens is 3. The first-order valence-electron chi connectivity index (χ1n) is 5.72. The zero-order valence-corrected chi connectivity index (χ0v) is 11.2. The summed E-state index contributed by atoms with van der Waals surface area (Å²) in [7, 11) is -1.97. The molecule has 3 N–H and O–H groups in total. The van der Waals surface area contributed by atoms with Crippen molar-refractivity contribution >= 4 is 10.2 Å². The van der Waals surface area contributed by atoms with E-state index in [1.165, 1.54) is 17.7 Å². The van der Waals surface area contributed by atoms with Gasteiger partial charge in [-0.2, -0.15) is 17.8 Å². The lowest BCUT2D eigenvalue weighted by Crippen LogP contribution is -2.39. The third kappa shape index (κ3) is 5.08. The summed E-state index contributed by atoms with van der Waals surface area (Å²) in [5.74, 6) is 0.739. The summed E-state index contributed by atoms with van der Waals surface area (Å²) in [5.41, 5.74) is 0. The quantitative estimate of drug-likeness (QED) is 0.495. The van der Waals surface area contributed by atoms with E-state index in [-0.39, 0.29) is 6.61 Å². The number of hydrogen-bond acceptors (Lipinski definition) is 5. The second-order valence-electron chi connectivity index (χ2n) is 3.83. The van der Waals surface area contributed by atoms with Crippen LogP contribution in [0.25, 0.3) is 0 Å². The summed E-state index contributed by atoms with van der Waals surface area (Å²) in [6.45, 7) is 0.617. The standard InChI is InChI=1S/C9H19N5O3S/c1-14(6-3-7-15)18(16,17)12-5-2-4-9-10-8-11-13-9/h8,12,15H,2-7H2,1H3,(H,10,11,13). The van der Waals surface area contributed by atoms with Crippen molar-refractivity contribution in [3.8, 4) is 0 Å². The smallest absolute Gasteiger partial charge is 0.279 e. The number of aliphatic hydroxyl groups is 1. The van der Waals surface area contributed by atoms with E-state index < -0.39 is 10.2 Å². The molecule has 0 atom stereocenters. The van der Waals surface area contributed by atoms with Crippen LogP contribution in [0.15, 0.2) is 6.33 Å². The third-order valence-electron chi connectivity index (χ3n) is 2.38. The summed E-state index contributed by atoms with van der Waals surface area (Å²) in [6.07, 6.45) is 3.13. The van der Waals surface area contributed by atoms with Gasteiger partial charge in [0.2, 0.25) is 0 Å². The van der Waals surface area contributed by atoms with E-state index in [1.54, 1.807) is 0 Å². The van der Waals surface area contributed by atoms with E-state index >= 15 is 0 Å². The van der Waals surface area contributed by atoms with Crippen molar-refractivity contribution in [2.75, 3.05) is 26.7 Å². The molecule has 0 amide bonds. The van der Waals surface area contributed by atoms with Gasteiger partial charge in [0.1, 0.15) is 12.2 Å². The van der Waals surface area contributed by atoms with E-state index in [4.69, 9.17) is 5.11 Å². The summed E-state index contributed by atoms with van der Waals surface area (Å²) in [5, 5.41) is 15.1. The van der Waals surface area contributed by atoms with E-state index in [0.29, 0.717) is 32.4 Å². The Balaban J connectivity index is 2.24. The Labute approximate surface area is 107 Å². The molecule has 0 aliphatic carbocycles. The highest BCUT2D eigenvalue weighted by atomic mass is 32.2.